The van der Waals surface area contributed by atoms with Crippen molar-refractivity contribution in [3.63, 3.8) is 0 Å². The van der Waals surface area contributed by atoms with Crippen LogP contribution in [0.4, 0.5) is 5.69 Å². The van der Waals surface area contributed by atoms with Crippen LogP contribution < -0.4 is 4.31 Å². The molecule has 0 saturated heterocycles. The van der Waals surface area contributed by atoms with Crippen LogP contribution in [-0.4, -0.2) is 21.3 Å². The molecule has 0 saturated carbocycles. The Morgan fingerprint density at radius 2 is 1.65 bits per heavy atom. The molecule has 0 unspecified atom stereocenters. The number of rotatable bonds is 2. The Hall–Kier alpha value is -3.42. The Morgan fingerprint density at radius 3 is 2.23 bits per heavy atom. The summed E-state index contributed by atoms with van der Waals surface area (Å²) in [5.74, 6) is 0.0601. The van der Waals surface area contributed by atoms with Crippen molar-refractivity contribution in [2.75, 3.05) is 11.4 Å². The summed E-state index contributed by atoms with van der Waals surface area (Å²) in [6, 6.07) is 16.9. The van der Waals surface area contributed by atoms with Crippen LogP contribution in [0.1, 0.15) is 11.1 Å². The molecule has 0 aliphatic carbocycles. The fraction of sp³-hybridized carbons (Fsp3) is 0.105. The molecule has 1 heterocycles. The summed E-state index contributed by atoms with van der Waals surface area (Å²) in [7, 11) is -2.53. The van der Waals surface area contributed by atoms with Gasteiger partial charge in [0.1, 0.15) is 17.7 Å². The number of anilines is 1. The van der Waals surface area contributed by atoms with Gasteiger partial charge in [0.15, 0.2) is 5.84 Å². The Labute approximate surface area is 152 Å². The predicted molar refractivity (Wildman–Crippen MR) is 98.8 cm³/mol. The molecule has 0 amide bonds. The topological polar surface area (TPSA) is 97.3 Å². The molecule has 0 radical (unpaired) electrons. The molecule has 0 spiro atoms. The molecule has 1 aliphatic rings. The first-order chi connectivity index (χ1) is 12.5. The van der Waals surface area contributed by atoms with Crippen molar-refractivity contribution < 1.29 is 8.42 Å². The maximum atomic E-state index is 13.3. The average molecular weight is 362 g/mol. The molecule has 2 aromatic rings. The number of aryl methyl sites for hydroxylation is 1. The molecule has 0 fully saturated rings. The lowest BCUT2D eigenvalue weighted by Gasteiger charge is -2.20. The maximum absolute atomic E-state index is 13.3. The Balaban J connectivity index is 2.33. The minimum atomic E-state index is -3.96. The van der Waals surface area contributed by atoms with Crippen LogP contribution in [0.5, 0.6) is 0 Å². The number of sulfonamides is 1. The first-order valence-electron chi connectivity index (χ1n) is 7.68. The minimum Gasteiger partial charge on any atom is -0.270 e. The molecular formula is C19H14N4O2S. The normalized spacial score (nSPS) is 14.7. The fourth-order valence-corrected chi connectivity index (χ4v) is 4.35. The molecule has 6 nitrogen and oxygen atoms in total. The number of allylic oxidation sites excluding steroid dienone is 1. The number of aliphatic imine (C=N–C) groups is 1. The Morgan fingerprint density at radius 1 is 1.04 bits per heavy atom. The third-order valence-electron chi connectivity index (χ3n) is 4.05. The molecule has 26 heavy (non-hydrogen) atoms. The van der Waals surface area contributed by atoms with Crippen molar-refractivity contribution in [3.05, 3.63) is 65.2 Å². The van der Waals surface area contributed by atoms with Crippen molar-refractivity contribution in [3.8, 4) is 12.1 Å². The second-order valence-electron chi connectivity index (χ2n) is 5.62. The molecule has 2 aromatic carbocycles. The van der Waals surface area contributed by atoms with Crippen LogP contribution in [0, 0.1) is 29.6 Å². The zero-order valence-electron chi connectivity index (χ0n) is 14.1. The Kier molecular flexibility index (Phi) is 4.33. The summed E-state index contributed by atoms with van der Waals surface area (Å²) in [5, 5.41) is 18.6. The van der Waals surface area contributed by atoms with Crippen molar-refractivity contribution in [2.24, 2.45) is 4.99 Å². The third-order valence-corrected chi connectivity index (χ3v) is 5.77. The van der Waals surface area contributed by atoms with Gasteiger partial charge in [0.2, 0.25) is 0 Å². The van der Waals surface area contributed by atoms with Crippen LogP contribution in [0.25, 0.3) is 5.57 Å². The number of benzene rings is 2. The smallest absolute Gasteiger partial charge is 0.269 e. The zero-order chi connectivity index (χ0) is 18.9. The second-order valence-corrected chi connectivity index (χ2v) is 7.41. The highest BCUT2D eigenvalue weighted by Crippen LogP contribution is 2.42. The Bertz CT molecular complexity index is 1120. The van der Waals surface area contributed by atoms with E-state index in [-0.39, 0.29) is 21.9 Å². The van der Waals surface area contributed by atoms with Gasteiger partial charge in [0.05, 0.1) is 16.2 Å². The van der Waals surface area contributed by atoms with E-state index < -0.39 is 10.0 Å². The van der Waals surface area contributed by atoms with Crippen LogP contribution in [-0.2, 0) is 10.0 Å². The molecule has 0 N–H and O–H groups in total. The lowest BCUT2D eigenvalue weighted by Crippen LogP contribution is -2.34. The van der Waals surface area contributed by atoms with Gasteiger partial charge in [-0.3, -0.25) is 4.99 Å². The van der Waals surface area contributed by atoms with E-state index in [9.17, 15) is 18.9 Å². The van der Waals surface area contributed by atoms with Gasteiger partial charge in [0.25, 0.3) is 10.0 Å². The number of fused-ring (bicyclic) bond motifs is 1. The van der Waals surface area contributed by atoms with Crippen molar-refractivity contribution in [2.45, 2.75) is 11.8 Å². The quantitative estimate of drug-likeness (QED) is 0.767. The van der Waals surface area contributed by atoms with E-state index in [1.807, 2.05) is 19.1 Å². The van der Waals surface area contributed by atoms with E-state index >= 15 is 0 Å². The first-order valence-corrected chi connectivity index (χ1v) is 9.12. The van der Waals surface area contributed by atoms with Gasteiger partial charge in [0, 0.05) is 12.6 Å². The van der Waals surface area contributed by atoms with Gasteiger partial charge in [-0.05, 0) is 25.1 Å². The van der Waals surface area contributed by atoms with Gasteiger partial charge in [-0.15, -0.1) is 0 Å². The number of hydrogen-bond donors (Lipinski definition) is 0. The number of para-hydroxylation sites is 1. The first kappa shape index (κ1) is 17.4. The summed E-state index contributed by atoms with van der Waals surface area (Å²) in [6.45, 7) is 1.87. The lowest BCUT2D eigenvalue weighted by atomic mass is 10.0. The number of nitrogens with zero attached hydrogens (tertiary/aromatic N) is 4. The second kappa shape index (κ2) is 6.47. The molecule has 0 aromatic heterocycles. The summed E-state index contributed by atoms with van der Waals surface area (Å²) < 4.78 is 27.7. The summed E-state index contributed by atoms with van der Waals surface area (Å²) in [4.78, 5) is 4.20. The van der Waals surface area contributed by atoms with Crippen molar-refractivity contribution >= 4 is 27.1 Å². The van der Waals surface area contributed by atoms with Gasteiger partial charge < -0.3 is 0 Å². The molecule has 0 bridgehead atoms. The van der Waals surface area contributed by atoms with E-state index in [2.05, 4.69) is 4.99 Å². The summed E-state index contributed by atoms with van der Waals surface area (Å²) in [5.41, 5.74) is 1.84. The molecule has 7 heteroatoms. The highest BCUT2D eigenvalue weighted by molar-refractivity contribution is 7.93. The lowest BCUT2D eigenvalue weighted by molar-refractivity contribution is 0.597. The number of hydrogen-bond acceptors (Lipinski definition) is 5. The standard InChI is InChI=1S/C19H14N4O2S/c1-13-7-9-15(10-8-13)26(24,25)23-17-6-4-3-5-16(17)18(19(23)22-2)14(11-20)12-21/h3-10H,1-2H3. The van der Waals surface area contributed by atoms with Crippen LogP contribution in [0.15, 0.2) is 64.0 Å². The van der Waals surface area contributed by atoms with Crippen LogP contribution in [0.2, 0.25) is 0 Å². The molecule has 1 aliphatic heterocycles. The minimum absolute atomic E-state index is 0.0601. The number of nitriles is 2. The summed E-state index contributed by atoms with van der Waals surface area (Å²) in [6.07, 6.45) is 0. The van der Waals surface area contributed by atoms with E-state index in [4.69, 9.17) is 0 Å². The van der Waals surface area contributed by atoms with Gasteiger partial charge in [-0.1, -0.05) is 35.9 Å². The van der Waals surface area contributed by atoms with Crippen molar-refractivity contribution in [1.29, 1.82) is 10.5 Å². The average Bonchev–Trinajstić information content (AvgIpc) is 2.98. The van der Waals surface area contributed by atoms with Crippen LogP contribution >= 0.6 is 0 Å². The summed E-state index contributed by atoms with van der Waals surface area (Å²) >= 11 is 0. The van der Waals surface area contributed by atoms with Gasteiger partial charge in [-0.25, -0.2) is 12.7 Å². The van der Waals surface area contributed by atoms with Gasteiger partial charge >= 0.3 is 0 Å². The highest BCUT2D eigenvalue weighted by atomic mass is 32.2. The van der Waals surface area contributed by atoms with Crippen LogP contribution in [0.3, 0.4) is 0 Å². The monoisotopic (exact) mass is 362 g/mol. The number of amidine groups is 1. The maximum Gasteiger partial charge on any atom is 0.269 e. The largest absolute Gasteiger partial charge is 0.270 e. The highest BCUT2D eigenvalue weighted by Gasteiger charge is 2.40. The fourth-order valence-electron chi connectivity index (χ4n) is 2.84. The van der Waals surface area contributed by atoms with E-state index in [0.29, 0.717) is 11.3 Å². The molecule has 128 valence electrons. The SMILES string of the molecule is CN=C1C(=C(C#N)C#N)c2ccccc2N1S(=O)(=O)c1ccc(C)cc1. The molecule has 0 atom stereocenters. The van der Waals surface area contributed by atoms with Gasteiger partial charge in [-0.2, -0.15) is 10.5 Å². The molecule has 3 rings (SSSR count). The third kappa shape index (κ3) is 2.55. The molecular weight excluding hydrogens is 348 g/mol. The predicted octanol–water partition coefficient (Wildman–Crippen LogP) is 3.03. The zero-order valence-corrected chi connectivity index (χ0v) is 14.9. The van der Waals surface area contributed by atoms with E-state index in [0.717, 1.165) is 9.87 Å². The van der Waals surface area contributed by atoms with E-state index in [1.165, 1.54) is 19.2 Å². The van der Waals surface area contributed by atoms with E-state index in [1.54, 1.807) is 36.4 Å². The van der Waals surface area contributed by atoms with Crippen molar-refractivity contribution in [1.82, 2.24) is 0 Å².